The van der Waals surface area contributed by atoms with Gasteiger partial charge in [0.15, 0.2) is 6.10 Å². The Morgan fingerprint density at radius 1 is 0.259 bits per heavy atom. The highest BCUT2D eigenvalue weighted by atomic mass is 16.6. The van der Waals surface area contributed by atoms with Gasteiger partial charge in [-0.25, -0.2) is 0 Å². The average Bonchev–Trinajstić information content (AvgIpc) is 3.47. The molecular formula is C75H118O6. The van der Waals surface area contributed by atoms with Gasteiger partial charge in [-0.05, 0) is 154 Å². The second kappa shape index (κ2) is 67.3. The van der Waals surface area contributed by atoms with Crippen LogP contribution in [0.5, 0.6) is 0 Å². The minimum absolute atomic E-state index is 0.111. The van der Waals surface area contributed by atoms with Gasteiger partial charge in [0.2, 0.25) is 0 Å². The van der Waals surface area contributed by atoms with Crippen molar-refractivity contribution < 1.29 is 28.6 Å². The minimum Gasteiger partial charge on any atom is -0.462 e. The van der Waals surface area contributed by atoms with Gasteiger partial charge in [-0.1, -0.05) is 262 Å². The topological polar surface area (TPSA) is 78.9 Å². The third kappa shape index (κ3) is 65.5. The fourth-order valence-electron chi connectivity index (χ4n) is 8.36. The Balaban J connectivity index is 4.54. The van der Waals surface area contributed by atoms with E-state index in [4.69, 9.17) is 14.2 Å². The average molecular weight is 1120 g/mol. The molecule has 0 saturated carbocycles. The molecule has 6 heteroatoms. The summed E-state index contributed by atoms with van der Waals surface area (Å²) in [7, 11) is 0. The van der Waals surface area contributed by atoms with Crippen LogP contribution in [0.15, 0.2) is 170 Å². The van der Waals surface area contributed by atoms with E-state index in [1.165, 1.54) is 51.4 Å². The lowest BCUT2D eigenvalue weighted by molar-refractivity contribution is -0.167. The summed E-state index contributed by atoms with van der Waals surface area (Å²) in [6, 6.07) is 0. The van der Waals surface area contributed by atoms with Crippen LogP contribution < -0.4 is 0 Å². The molecule has 1 unspecified atom stereocenters. The zero-order valence-electron chi connectivity index (χ0n) is 52.0. The molecule has 0 saturated heterocycles. The van der Waals surface area contributed by atoms with E-state index in [0.717, 1.165) is 173 Å². The van der Waals surface area contributed by atoms with E-state index in [1.807, 2.05) is 0 Å². The molecule has 0 aromatic heterocycles. The summed E-state index contributed by atoms with van der Waals surface area (Å²) in [6.07, 6.45) is 99.2. The quantitative estimate of drug-likeness (QED) is 0.0261. The molecular weight excluding hydrogens is 997 g/mol. The molecule has 81 heavy (non-hydrogen) atoms. The second-order valence-electron chi connectivity index (χ2n) is 20.9. The Morgan fingerprint density at radius 2 is 0.481 bits per heavy atom. The van der Waals surface area contributed by atoms with Crippen LogP contribution in [0, 0.1) is 0 Å². The number of esters is 3. The van der Waals surface area contributed by atoms with Crippen molar-refractivity contribution in [1.82, 2.24) is 0 Å². The van der Waals surface area contributed by atoms with Gasteiger partial charge in [0.1, 0.15) is 13.2 Å². The smallest absolute Gasteiger partial charge is 0.306 e. The molecule has 0 spiro atoms. The van der Waals surface area contributed by atoms with Gasteiger partial charge < -0.3 is 14.2 Å². The van der Waals surface area contributed by atoms with Crippen molar-refractivity contribution in [2.75, 3.05) is 13.2 Å². The zero-order valence-corrected chi connectivity index (χ0v) is 52.0. The molecule has 0 bridgehead atoms. The molecule has 0 N–H and O–H groups in total. The van der Waals surface area contributed by atoms with E-state index in [0.29, 0.717) is 12.8 Å². The first-order chi connectivity index (χ1) is 40.0. The van der Waals surface area contributed by atoms with Gasteiger partial charge in [0.25, 0.3) is 0 Å². The summed E-state index contributed by atoms with van der Waals surface area (Å²) < 4.78 is 16.9. The van der Waals surface area contributed by atoms with Crippen molar-refractivity contribution >= 4 is 17.9 Å². The van der Waals surface area contributed by atoms with Crippen molar-refractivity contribution in [3.63, 3.8) is 0 Å². The monoisotopic (exact) mass is 1110 g/mol. The lowest BCUT2D eigenvalue weighted by Crippen LogP contribution is -2.30. The second-order valence-corrected chi connectivity index (χ2v) is 20.9. The molecule has 0 heterocycles. The number of ether oxygens (including phenoxy) is 3. The standard InChI is InChI=1S/C75H118O6/c1-4-7-10-13-16-19-22-25-28-30-32-34-36-37-39-40-42-44-47-50-53-56-59-62-65-68-74(77)80-71-72(70-79-73(76)67-64-61-58-55-52-49-46-27-24-21-18-15-12-9-6-3)81-75(78)69-66-63-60-57-54-51-48-45-43-41-38-35-33-31-29-26-23-20-17-14-11-8-5-2/h7-8,10-11,16-17,19-20,25-29,32-35,37,39,41-44,46,48,50-51,53,72H,4-6,9,12-15,18,21-24,30-31,36,38,40,45,47,49,52,54-71H2,1-3H3/b10-7-,11-8-,19-16-,20-17-,28-25-,29-26-,34-32-,35-33-,39-37-,43-41-,44-42-,46-27-,51-48-,53-50-. The lowest BCUT2D eigenvalue weighted by Gasteiger charge is -2.18. The molecule has 0 aromatic rings. The SMILES string of the molecule is CC/C=C\C/C=C\C/C=C\C/C=C\C/C=C\C/C=C\C/C=C\CCCCCC(=O)OCC(COC(=O)CCCCCCC/C=C\CCCCCCCC)OC(=O)CCCCCC/C=C\C/C=C\C/C=C\C/C=C\C/C=C\C/C=C\CC. The van der Waals surface area contributed by atoms with E-state index < -0.39 is 6.10 Å². The first-order valence-corrected chi connectivity index (χ1v) is 32.6. The van der Waals surface area contributed by atoms with E-state index in [9.17, 15) is 14.4 Å². The zero-order chi connectivity index (χ0) is 58.5. The van der Waals surface area contributed by atoms with Crippen LogP contribution >= 0.6 is 0 Å². The molecule has 0 rings (SSSR count). The molecule has 0 radical (unpaired) electrons. The number of unbranched alkanes of at least 4 members (excludes halogenated alkanes) is 18. The van der Waals surface area contributed by atoms with Crippen LogP contribution in [0.2, 0.25) is 0 Å². The third-order valence-electron chi connectivity index (χ3n) is 13.2. The Kier molecular flexibility index (Phi) is 62.9. The molecule has 6 nitrogen and oxygen atoms in total. The molecule has 0 aliphatic heterocycles. The molecule has 0 aliphatic carbocycles. The summed E-state index contributed by atoms with van der Waals surface area (Å²) >= 11 is 0. The van der Waals surface area contributed by atoms with Gasteiger partial charge in [0, 0.05) is 19.3 Å². The number of allylic oxidation sites excluding steroid dienone is 28. The summed E-state index contributed by atoms with van der Waals surface area (Å²) in [6.45, 7) is 6.35. The third-order valence-corrected chi connectivity index (χ3v) is 13.2. The number of carbonyl (C=O) groups excluding carboxylic acids is 3. The molecule has 1 atom stereocenters. The van der Waals surface area contributed by atoms with Crippen molar-refractivity contribution in [3.8, 4) is 0 Å². The van der Waals surface area contributed by atoms with Gasteiger partial charge in [-0.2, -0.15) is 0 Å². The molecule has 0 fully saturated rings. The van der Waals surface area contributed by atoms with Crippen LogP contribution in [0.1, 0.15) is 265 Å². The highest BCUT2D eigenvalue weighted by molar-refractivity contribution is 5.71. The predicted octanol–water partition coefficient (Wildman–Crippen LogP) is 22.7. The number of hydrogen-bond acceptors (Lipinski definition) is 6. The van der Waals surface area contributed by atoms with Crippen molar-refractivity contribution in [2.24, 2.45) is 0 Å². The minimum atomic E-state index is -0.820. The van der Waals surface area contributed by atoms with E-state index >= 15 is 0 Å². The summed E-state index contributed by atoms with van der Waals surface area (Å²) in [4.78, 5) is 38.4. The van der Waals surface area contributed by atoms with Crippen LogP contribution in [0.25, 0.3) is 0 Å². The Morgan fingerprint density at radius 3 is 0.778 bits per heavy atom. The Bertz CT molecular complexity index is 1860. The number of hydrogen-bond donors (Lipinski definition) is 0. The van der Waals surface area contributed by atoms with Crippen LogP contribution in [0.4, 0.5) is 0 Å². The van der Waals surface area contributed by atoms with Crippen molar-refractivity contribution in [1.29, 1.82) is 0 Å². The van der Waals surface area contributed by atoms with Crippen LogP contribution in [0.3, 0.4) is 0 Å². The Labute approximate surface area is 498 Å². The summed E-state index contributed by atoms with van der Waals surface area (Å²) in [5, 5.41) is 0. The van der Waals surface area contributed by atoms with Crippen molar-refractivity contribution in [2.45, 2.75) is 271 Å². The fraction of sp³-hybridized carbons (Fsp3) is 0.587. The normalized spacial score (nSPS) is 13.3. The first kappa shape index (κ1) is 75.8. The van der Waals surface area contributed by atoms with E-state index in [2.05, 4.69) is 191 Å². The van der Waals surface area contributed by atoms with Gasteiger partial charge >= 0.3 is 17.9 Å². The molecule has 454 valence electrons. The highest BCUT2D eigenvalue weighted by Crippen LogP contribution is 2.13. The first-order valence-electron chi connectivity index (χ1n) is 32.6. The fourth-order valence-corrected chi connectivity index (χ4v) is 8.36. The largest absolute Gasteiger partial charge is 0.462 e. The predicted molar refractivity (Wildman–Crippen MR) is 352 cm³/mol. The summed E-state index contributed by atoms with van der Waals surface area (Å²) in [5.74, 6) is -0.982. The van der Waals surface area contributed by atoms with Gasteiger partial charge in [-0.3, -0.25) is 14.4 Å². The maximum atomic E-state index is 12.9. The van der Waals surface area contributed by atoms with Crippen LogP contribution in [-0.4, -0.2) is 37.2 Å². The molecule has 0 aromatic carbocycles. The van der Waals surface area contributed by atoms with Gasteiger partial charge in [-0.15, -0.1) is 0 Å². The van der Waals surface area contributed by atoms with E-state index in [-0.39, 0.29) is 37.5 Å². The molecule has 0 amide bonds. The maximum Gasteiger partial charge on any atom is 0.306 e. The summed E-state index contributed by atoms with van der Waals surface area (Å²) in [5.41, 5.74) is 0. The maximum absolute atomic E-state index is 12.9. The lowest BCUT2D eigenvalue weighted by atomic mass is 10.1. The number of rotatable bonds is 57. The molecule has 0 aliphatic rings. The van der Waals surface area contributed by atoms with Gasteiger partial charge in [0.05, 0.1) is 0 Å². The Hall–Kier alpha value is -5.23. The van der Waals surface area contributed by atoms with Crippen LogP contribution in [-0.2, 0) is 28.6 Å². The van der Waals surface area contributed by atoms with Crippen molar-refractivity contribution in [3.05, 3.63) is 170 Å². The van der Waals surface area contributed by atoms with E-state index in [1.54, 1.807) is 0 Å². The highest BCUT2D eigenvalue weighted by Gasteiger charge is 2.19. The number of carbonyl (C=O) groups is 3.